The molecule has 4 aromatic rings. The first kappa shape index (κ1) is 19.5. The minimum atomic E-state index is -0.584. The lowest BCUT2D eigenvalue weighted by Gasteiger charge is -2.15. The van der Waals surface area contributed by atoms with E-state index in [1.54, 1.807) is 35.8 Å². The van der Waals surface area contributed by atoms with Gasteiger partial charge in [-0.3, -0.25) is 14.8 Å². The highest BCUT2D eigenvalue weighted by molar-refractivity contribution is 5.98. The zero-order valence-corrected chi connectivity index (χ0v) is 16.5. The minimum Gasteiger partial charge on any atom is -0.454 e. The van der Waals surface area contributed by atoms with Crippen molar-refractivity contribution in [2.45, 2.75) is 13.0 Å². The highest BCUT2D eigenvalue weighted by Crippen LogP contribution is 2.29. The molecule has 0 saturated carbocycles. The second-order valence-corrected chi connectivity index (χ2v) is 7.07. The zero-order chi connectivity index (χ0) is 21.3. The van der Waals surface area contributed by atoms with Gasteiger partial charge < -0.3 is 14.3 Å². The molecule has 30 heavy (non-hydrogen) atoms. The Morgan fingerprint density at radius 1 is 1.00 bits per heavy atom. The number of nitrogens with one attached hydrogen (secondary N) is 2. The van der Waals surface area contributed by atoms with Gasteiger partial charge in [0.25, 0.3) is 11.8 Å². The molecule has 4 rings (SSSR count). The lowest BCUT2D eigenvalue weighted by atomic mass is 10.1. The van der Waals surface area contributed by atoms with Crippen molar-refractivity contribution in [1.29, 1.82) is 0 Å². The van der Waals surface area contributed by atoms with E-state index in [0.29, 0.717) is 16.8 Å². The normalized spacial score (nSPS) is 12.0. The van der Waals surface area contributed by atoms with Crippen molar-refractivity contribution in [3.05, 3.63) is 83.6 Å². The first-order valence-electron chi connectivity index (χ1n) is 9.48. The SMILES string of the molecule is CC(NC(=O)c1cc2oc(-c3ccccc3)cc2n1C)c1ccc(C(=O)NO)cc1. The number of carbonyl (C=O) groups excluding carboxylic acids is 2. The number of rotatable bonds is 5. The van der Waals surface area contributed by atoms with Gasteiger partial charge in [-0.15, -0.1) is 0 Å². The summed E-state index contributed by atoms with van der Waals surface area (Å²) in [7, 11) is 1.83. The van der Waals surface area contributed by atoms with Gasteiger partial charge in [-0.1, -0.05) is 42.5 Å². The van der Waals surface area contributed by atoms with Crippen LogP contribution in [-0.4, -0.2) is 21.6 Å². The number of hydrogen-bond donors (Lipinski definition) is 3. The van der Waals surface area contributed by atoms with Gasteiger partial charge in [0, 0.05) is 30.3 Å². The van der Waals surface area contributed by atoms with E-state index in [1.165, 1.54) is 0 Å². The molecule has 0 spiro atoms. The molecule has 0 saturated heterocycles. The average molecular weight is 403 g/mol. The van der Waals surface area contributed by atoms with E-state index in [1.807, 2.05) is 54.9 Å². The fraction of sp³-hybridized carbons (Fsp3) is 0.130. The van der Waals surface area contributed by atoms with Crippen LogP contribution in [0, 0.1) is 0 Å². The Labute approximate surface area is 172 Å². The molecule has 1 unspecified atom stereocenters. The predicted octanol–water partition coefficient (Wildman–Crippen LogP) is 4.05. The molecule has 7 heteroatoms. The third kappa shape index (κ3) is 3.58. The average Bonchev–Trinajstić information content (AvgIpc) is 3.33. The van der Waals surface area contributed by atoms with E-state index in [4.69, 9.17) is 9.62 Å². The molecule has 0 fully saturated rings. The smallest absolute Gasteiger partial charge is 0.274 e. The van der Waals surface area contributed by atoms with Crippen molar-refractivity contribution in [1.82, 2.24) is 15.4 Å². The van der Waals surface area contributed by atoms with Crippen LogP contribution in [0.4, 0.5) is 0 Å². The molecule has 1 atom stereocenters. The Balaban J connectivity index is 1.52. The third-order valence-corrected chi connectivity index (χ3v) is 5.14. The van der Waals surface area contributed by atoms with Crippen molar-refractivity contribution in [3.8, 4) is 11.3 Å². The lowest BCUT2D eigenvalue weighted by molar-refractivity contribution is 0.0706. The molecule has 2 amide bonds. The van der Waals surface area contributed by atoms with Crippen LogP contribution in [0.2, 0.25) is 0 Å². The Hall–Kier alpha value is -3.84. The number of hydroxylamine groups is 1. The Morgan fingerprint density at radius 2 is 1.70 bits per heavy atom. The largest absolute Gasteiger partial charge is 0.454 e. The highest BCUT2D eigenvalue weighted by atomic mass is 16.5. The minimum absolute atomic E-state index is 0.227. The van der Waals surface area contributed by atoms with Gasteiger partial charge in [-0.2, -0.15) is 0 Å². The van der Waals surface area contributed by atoms with Crippen molar-refractivity contribution >= 4 is 22.9 Å². The highest BCUT2D eigenvalue weighted by Gasteiger charge is 2.19. The molecule has 152 valence electrons. The summed E-state index contributed by atoms with van der Waals surface area (Å²) in [6.07, 6.45) is 0. The number of furan rings is 1. The molecule has 0 aliphatic heterocycles. The molecule has 2 aromatic carbocycles. The first-order chi connectivity index (χ1) is 14.5. The number of hydrogen-bond acceptors (Lipinski definition) is 4. The van der Waals surface area contributed by atoms with E-state index in [0.717, 1.165) is 22.4 Å². The summed E-state index contributed by atoms with van der Waals surface area (Å²) in [6.45, 7) is 1.86. The van der Waals surface area contributed by atoms with E-state index < -0.39 is 5.91 Å². The Kier molecular flexibility index (Phi) is 5.12. The van der Waals surface area contributed by atoms with Gasteiger partial charge >= 0.3 is 0 Å². The summed E-state index contributed by atoms with van der Waals surface area (Å²) in [5, 5.41) is 11.7. The van der Waals surface area contributed by atoms with Gasteiger partial charge in [-0.25, -0.2) is 5.48 Å². The van der Waals surface area contributed by atoms with Gasteiger partial charge in [0.05, 0.1) is 11.6 Å². The van der Waals surface area contributed by atoms with Crippen LogP contribution in [0.1, 0.15) is 39.4 Å². The van der Waals surface area contributed by atoms with Crippen molar-refractivity contribution in [2.24, 2.45) is 7.05 Å². The van der Waals surface area contributed by atoms with E-state index in [-0.39, 0.29) is 11.9 Å². The van der Waals surface area contributed by atoms with Gasteiger partial charge in [0.2, 0.25) is 0 Å². The van der Waals surface area contributed by atoms with E-state index in [9.17, 15) is 9.59 Å². The molecule has 3 N–H and O–H groups in total. The molecule has 0 radical (unpaired) electrons. The number of aryl methyl sites for hydroxylation is 1. The number of benzene rings is 2. The Morgan fingerprint density at radius 3 is 2.33 bits per heavy atom. The van der Waals surface area contributed by atoms with Crippen LogP contribution in [-0.2, 0) is 7.05 Å². The maximum atomic E-state index is 12.8. The predicted molar refractivity (Wildman–Crippen MR) is 112 cm³/mol. The zero-order valence-electron chi connectivity index (χ0n) is 16.5. The molecule has 2 aromatic heterocycles. The summed E-state index contributed by atoms with van der Waals surface area (Å²) in [4.78, 5) is 24.2. The van der Waals surface area contributed by atoms with Gasteiger partial charge in [0.15, 0.2) is 5.58 Å². The molecular weight excluding hydrogens is 382 g/mol. The summed E-state index contributed by atoms with van der Waals surface area (Å²) < 4.78 is 7.75. The number of fused-ring (bicyclic) bond motifs is 1. The van der Waals surface area contributed by atoms with E-state index in [2.05, 4.69) is 5.32 Å². The molecule has 2 heterocycles. The second-order valence-electron chi connectivity index (χ2n) is 7.07. The summed E-state index contributed by atoms with van der Waals surface area (Å²) >= 11 is 0. The maximum Gasteiger partial charge on any atom is 0.274 e. The van der Waals surface area contributed by atoms with Crippen molar-refractivity contribution < 1.29 is 19.2 Å². The lowest BCUT2D eigenvalue weighted by Crippen LogP contribution is -2.28. The summed E-state index contributed by atoms with van der Waals surface area (Å²) in [5.41, 5.74) is 5.72. The van der Waals surface area contributed by atoms with Crippen molar-refractivity contribution in [2.75, 3.05) is 0 Å². The van der Waals surface area contributed by atoms with Crippen LogP contribution >= 0.6 is 0 Å². The second kappa shape index (κ2) is 7.88. The van der Waals surface area contributed by atoms with Crippen LogP contribution in [0.3, 0.4) is 0 Å². The van der Waals surface area contributed by atoms with Crippen molar-refractivity contribution in [3.63, 3.8) is 0 Å². The Bertz CT molecular complexity index is 1210. The van der Waals surface area contributed by atoms with Crippen LogP contribution in [0.25, 0.3) is 22.4 Å². The fourth-order valence-electron chi connectivity index (χ4n) is 3.42. The molecular formula is C23H21N3O4. The monoisotopic (exact) mass is 403 g/mol. The quantitative estimate of drug-likeness (QED) is 0.346. The number of carbonyl (C=O) groups is 2. The number of aromatic nitrogens is 1. The molecule has 0 bridgehead atoms. The van der Waals surface area contributed by atoms with Gasteiger partial charge in [0.1, 0.15) is 11.5 Å². The van der Waals surface area contributed by atoms with Gasteiger partial charge in [-0.05, 0) is 24.6 Å². The maximum absolute atomic E-state index is 12.8. The van der Waals surface area contributed by atoms with Crippen LogP contribution < -0.4 is 10.8 Å². The van der Waals surface area contributed by atoms with E-state index >= 15 is 0 Å². The summed E-state index contributed by atoms with van der Waals surface area (Å²) in [6, 6.07) is 19.8. The molecule has 7 nitrogen and oxygen atoms in total. The van der Waals surface area contributed by atoms with Crippen LogP contribution in [0.5, 0.6) is 0 Å². The first-order valence-corrected chi connectivity index (χ1v) is 9.48. The van der Waals surface area contributed by atoms with Crippen LogP contribution in [0.15, 0.2) is 71.1 Å². The molecule has 0 aliphatic carbocycles. The topological polar surface area (TPSA) is 96.5 Å². The number of nitrogens with zero attached hydrogens (tertiary/aromatic N) is 1. The standard InChI is InChI=1S/C23H21N3O4/c1-14(15-8-10-17(11-9-15)22(27)25-29)24-23(28)19-13-21-18(26(19)2)12-20(30-21)16-6-4-3-5-7-16/h3-14,29H,1-2H3,(H,24,28)(H,25,27). The summed E-state index contributed by atoms with van der Waals surface area (Å²) in [5.74, 6) is -0.0575. The third-order valence-electron chi connectivity index (χ3n) is 5.14. The number of amides is 2. The fourth-order valence-corrected chi connectivity index (χ4v) is 3.42. The molecule has 0 aliphatic rings.